The van der Waals surface area contributed by atoms with Gasteiger partial charge in [-0.05, 0) is 0 Å². The summed E-state index contributed by atoms with van der Waals surface area (Å²) in [5.74, 6) is -3.38. The van der Waals surface area contributed by atoms with Gasteiger partial charge >= 0.3 is 0 Å². The Hall–Kier alpha value is -0.320. The Bertz CT molecular complexity index is 403. The molecule has 0 amide bonds. The van der Waals surface area contributed by atoms with Crippen molar-refractivity contribution in [3.63, 3.8) is 0 Å². The number of nitrogens with two attached hydrogens (primary N) is 1. The lowest BCUT2D eigenvalue weighted by atomic mass is 10.3. The maximum atomic E-state index is 12.5. The van der Waals surface area contributed by atoms with Gasteiger partial charge < -0.3 is 5.73 Å². The van der Waals surface area contributed by atoms with Gasteiger partial charge in [0, 0.05) is 6.26 Å². The van der Waals surface area contributed by atoms with Gasteiger partial charge in [0.05, 0.1) is 13.1 Å². The fourth-order valence-electron chi connectivity index (χ4n) is 0.611. The smallest absolute Gasteiger partial charge is 0.273 e. The van der Waals surface area contributed by atoms with E-state index >= 15 is 0 Å². The molecule has 6 nitrogen and oxygen atoms in total. The largest absolute Gasteiger partial charge is 0.325 e. The summed E-state index contributed by atoms with van der Waals surface area (Å²) in [6.45, 7) is -2.23. The third kappa shape index (κ3) is 7.59. The van der Waals surface area contributed by atoms with Crippen molar-refractivity contribution in [3.05, 3.63) is 0 Å². The fraction of sp³-hybridized carbons (Fsp3) is 1.00. The van der Waals surface area contributed by atoms with Crippen molar-refractivity contribution in [1.82, 2.24) is 4.72 Å². The minimum Gasteiger partial charge on any atom is -0.325 e. The standard InChI is InChI=1S/C5H12F2N2O4S2/c1-14(10,11)4-15(12,13)9-3-5(6,7)2-8/h9H,2-4,8H2,1H3. The van der Waals surface area contributed by atoms with Gasteiger partial charge in [0.1, 0.15) is 0 Å². The van der Waals surface area contributed by atoms with E-state index < -0.39 is 44.0 Å². The molecule has 0 unspecified atom stereocenters. The third-order valence-electron chi connectivity index (χ3n) is 1.22. The van der Waals surface area contributed by atoms with Crippen molar-refractivity contribution in [2.45, 2.75) is 5.92 Å². The van der Waals surface area contributed by atoms with Gasteiger partial charge in [-0.25, -0.2) is 30.3 Å². The molecule has 0 spiro atoms. The highest BCUT2D eigenvalue weighted by atomic mass is 32.3. The molecule has 0 aliphatic carbocycles. The van der Waals surface area contributed by atoms with Gasteiger partial charge in [-0.15, -0.1) is 0 Å². The SMILES string of the molecule is CS(=O)(=O)CS(=O)(=O)NCC(F)(F)CN. The minimum absolute atomic E-state index is 0.688. The van der Waals surface area contributed by atoms with Crippen LogP contribution in [0.4, 0.5) is 8.78 Å². The lowest BCUT2D eigenvalue weighted by Gasteiger charge is -2.14. The van der Waals surface area contributed by atoms with Crippen LogP contribution >= 0.6 is 0 Å². The Morgan fingerprint density at radius 1 is 1.27 bits per heavy atom. The van der Waals surface area contributed by atoms with Crippen LogP contribution in [0.5, 0.6) is 0 Å². The van der Waals surface area contributed by atoms with Gasteiger partial charge in [-0.2, -0.15) is 0 Å². The molecule has 0 rings (SSSR count). The normalized spacial score (nSPS) is 14.1. The molecule has 0 aromatic carbocycles. The van der Waals surface area contributed by atoms with Crippen LogP contribution in [0.15, 0.2) is 0 Å². The zero-order valence-corrected chi connectivity index (χ0v) is 9.54. The second-order valence-electron chi connectivity index (χ2n) is 3.04. The minimum atomic E-state index is -4.26. The molecule has 0 saturated heterocycles. The van der Waals surface area contributed by atoms with Crippen molar-refractivity contribution >= 4 is 19.9 Å². The van der Waals surface area contributed by atoms with Crippen molar-refractivity contribution in [2.24, 2.45) is 5.73 Å². The number of hydrogen-bond donors (Lipinski definition) is 2. The summed E-state index contributed by atoms with van der Waals surface area (Å²) >= 11 is 0. The molecule has 0 saturated carbocycles. The van der Waals surface area contributed by atoms with Crippen LogP contribution in [0.3, 0.4) is 0 Å². The Morgan fingerprint density at radius 3 is 2.07 bits per heavy atom. The first-order valence-electron chi connectivity index (χ1n) is 3.70. The molecule has 92 valence electrons. The molecular weight excluding hydrogens is 254 g/mol. The van der Waals surface area contributed by atoms with Crippen LogP contribution in [0.2, 0.25) is 0 Å². The highest BCUT2D eigenvalue weighted by Gasteiger charge is 2.29. The predicted octanol–water partition coefficient (Wildman–Crippen LogP) is -1.50. The molecule has 0 bridgehead atoms. The number of hydrogen-bond acceptors (Lipinski definition) is 5. The van der Waals surface area contributed by atoms with Crippen LogP contribution < -0.4 is 10.5 Å². The first-order valence-corrected chi connectivity index (χ1v) is 7.42. The van der Waals surface area contributed by atoms with Gasteiger partial charge in [-0.1, -0.05) is 0 Å². The molecule has 0 aliphatic heterocycles. The van der Waals surface area contributed by atoms with E-state index in [0.717, 1.165) is 0 Å². The van der Waals surface area contributed by atoms with E-state index in [2.05, 4.69) is 5.73 Å². The molecule has 0 atom stereocenters. The Kier molecular flexibility index (Phi) is 4.58. The lowest BCUT2D eigenvalue weighted by molar-refractivity contribution is 0.0170. The summed E-state index contributed by atoms with van der Waals surface area (Å²) in [5.41, 5.74) is 4.66. The fourth-order valence-corrected chi connectivity index (χ4v) is 3.63. The van der Waals surface area contributed by atoms with E-state index in [1.807, 2.05) is 0 Å². The number of rotatable bonds is 6. The molecule has 0 aliphatic rings. The van der Waals surface area contributed by atoms with Crippen molar-refractivity contribution in [3.8, 4) is 0 Å². The number of sulfonamides is 1. The molecule has 0 radical (unpaired) electrons. The Balaban J connectivity index is 4.43. The highest BCUT2D eigenvalue weighted by molar-refractivity contribution is 8.06. The summed E-state index contributed by atoms with van der Waals surface area (Å²) < 4.78 is 69.6. The second kappa shape index (κ2) is 4.68. The maximum absolute atomic E-state index is 12.5. The van der Waals surface area contributed by atoms with Crippen molar-refractivity contribution in [2.75, 3.05) is 24.4 Å². The molecule has 15 heavy (non-hydrogen) atoms. The van der Waals surface area contributed by atoms with E-state index in [-0.39, 0.29) is 0 Å². The van der Waals surface area contributed by atoms with Crippen molar-refractivity contribution in [1.29, 1.82) is 0 Å². The van der Waals surface area contributed by atoms with Crippen LogP contribution in [0.1, 0.15) is 0 Å². The average Bonchev–Trinajstić information content (AvgIpc) is 1.97. The summed E-state index contributed by atoms with van der Waals surface area (Å²) in [6.07, 6.45) is 0.688. The Morgan fingerprint density at radius 2 is 1.73 bits per heavy atom. The van der Waals surface area contributed by atoms with E-state index in [1.54, 1.807) is 0 Å². The van der Waals surface area contributed by atoms with E-state index in [0.29, 0.717) is 6.26 Å². The molecule has 0 aromatic heterocycles. The number of alkyl halides is 2. The van der Waals surface area contributed by atoms with Crippen LogP contribution in [-0.4, -0.2) is 47.2 Å². The third-order valence-corrected chi connectivity index (χ3v) is 4.76. The van der Waals surface area contributed by atoms with Crippen LogP contribution in [0, 0.1) is 0 Å². The van der Waals surface area contributed by atoms with E-state index in [9.17, 15) is 25.6 Å². The molecule has 0 fully saturated rings. The number of nitrogens with one attached hydrogen (secondary N) is 1. The monoisotopic (exact) mass is 266 g/mol. The zero-order chi connectivity index (χ0) is 12.3. The first-order chi connectivity index (χ1) is 6.47. The topological polar surface area (TPSA) is 106 Å². The summed E-state index contributed by atoms with van der Waals surface area (Å²) in [5, 5.41) is -1.22. The molecule has 0 aromatic rings. The van der Waals surface area contributed by atoms with Gasteiger partial charge in [0.2, 0.25) is 10.0 Å². The lowest BCUT2D eigenvalue weighted by Crippen LogP contribution is -2.42. The predicted molar refractivity (Wildman–Crippen MR) is 50.6 cm³/mol. The molecule has 0 heterocycles. The summed E-state index contributed by atoms with van der Waals surface area (Å²) in [6, 6.07) is 0. The zero-order valence-electron chi connectivity index (χ0n) is 7.90. The number of halogens is 2. The molecular formula is C5H12F2N2O4S2. The maximum Gasteiger partial charge on any atom is 0.273 e. The van der Waals surface area contributed by atoms with E-state index in [1.165, 1.54) is 4.72 Å². The Labute approximate surface area is 86.8 Å². The van der Waals surface area contributed by atoms with Gasteiger partial charge in [0.15, 0.2) is 14.9 Å². The highest BCUT2D eigenvalue weighted by Crippen LogP contribution is 2.09. The van der Waals surface area contributed by atoms with Gasteiger partial charge in [0.25, 0.3) is 5.92 Å². The van der Waals surface area contributed by atoms with Gasteiger partial charge in [-0.3, -0.25) is 0 Å². The first kappa shape index (κ1) is 14.7. The van der Waals surface area contributed by atoms with E-state index in [4.69, 9.17) is 0 Å². The molecule has 3 N–H and O–H groups in total. The quantitative estimate of drug-likeness (QED) is 0.608. The second-order valence-corrected chi connectivity index (χ2v) is 7.35. The van der Waals surface area contributed by atoms with Crippen LogP contribution in [0.25, 0.3) is 0 Å². The molecule has 10 heteroatoms. The average molecular weight is 266 g/mol. The van der Waals surface area contributed by atoms with Crippen LogP contribution in [-0.2, 0) is 19.9 Å². The van der Waals surface area contributed by atoms with Crippen molar-refractivity contribution < 1.29 is 25.6 Å². The number of sulfone groups is 1. The summed E-state index contributed by atoms with van der Waals surface area (Å²) in [4.78, 5) is 0. The summed E-state index contributed by atoms with van der Waals surface area (Å²) in [7, 11) is -8.04.